The Bertz CT molecular complexity index is 524. The van der Waals surface area contributed by atoms with Gasteiger partial charge in [0, 0.05) is 16.9 Å². The van der Waals surface area contributed by atoms with Crippen molar-refractivity contribution in [1.29, 1.82) is 5.26 Å². The molecule has 1 aromatic carbocycles. The van der Waals surface area contributed by atoms with Gasteiger partial charge in [0.05, 0.1) is 11.6 Å². The second kappa shape index (κ2) is 4.25. The zero-order valence-corrected chi connectivity index (χ0v) is 12.3. The fourth-order valence-corrected chi connectivity index (χ4v) is 3.42. The summed E-state index contributed by atoms with van der Waals surface area (Å²) in [7, 11) is 0. The number of hydrogen-bond donors (Lipinski definition) is 1. The molecular formula is C16H22N2O. The Balaban J connectivity index is 2.23. The van der Waals surface area contributed by atoms with Crippen molar-refractivity contribution in [2.24, 2.45) is 16.6 Å². The van der Waals surface area contributed by atoms with E-state index in [0.29, 0.717) is 5.56 Å². The van der Waals surface area contributed by atoms with Crippen LogP contribution in [0.3, 0.4) is 0 Å². The summed E-state index contributed by atoms with van der Waals surface area (Å²) in [6.45, 7) is 10.5. The Morgan fingerprint density at radius 3 is 2.26 bits per heavy atom. The summed E-state index contributed by atoms with van der Waals surface area (Å²) < 4.78 is 6.14. The number of nitriles is 1. The molecule has 0 saturated heterocycles. The van der Waals surface area contributed by atoms with Crippen molar-refractivity contribution in [1.82, 2.24) is 0 Å². The molecule has 19 heavy (non-hydrogen) atoms. The van der Waals surface area contributed by atoms with Crippen LogP contribution in [-0.2, 0) is 0 Å². The Kier molecular flexibility index (Phi) is 3.10. The molecule has 0 bridgehead atoms. The van der Waals surface area contributed by atoms with Crippen LogP contribution in [0.1, 0.15) is 38.8 Å². The third-order valence-corrected chi connectivity index (χ3v) is 4.53. The Morgan fingerprint density at radius 1 is 1.21 bits per heavy atom. The first-order chi connectivity index (χ1) is 8.71. The smallest absolute Gasteiger partial charge is 0.120 e. The van der Waals surface area contributed by atoms with Crippen LogP contribution in [0.5, 0.6) is 5.75 Å². The van der Waals surface area contributed by atoms with E-state index in [1.807, 2.05) is 25.1 Å². The lowest BCUT2D eigenvalue weighted by Gasteiger charge is -2.61. The summed E-state index contributed by atoms with van der Waals surface area (Å²) in [5.41, 5.74) is 7.79. The van der Waals surface area contributed by atoms with Gasteiger partial charge >= 0.3 is 0 Å². The largest absolute Gasteiger partial charge is 0.489 e. The summed E-state index contributed by atoms with van der Waals surface area (Å²) in [5, 5.41) is 8.94. The molecular weight excluding hydrogens is 236 g/mol. The first-order valence-corrected chi connectivity index (χ1v) is 6.64. The average Bonchev–Trinajstić information content (AvgIpc) is 2.34. The first kappa shape index (κ1) is 13.9. The van der Waals surface area contributed by atoms with E-state index in [0.717, 1.165) is 11.3 Å². The van der Waals surface area contributed by atoms with Crippen molar-refractivity contribution in [3.05, 3.63) is 29.3 Å². The third kappa shape index (κ3) is 2.01. The predicted molar refractivity (Wildman–Crippen MR) is 75.8 cm³/mol. The minimum atomic E-state index is -0.0364. The molecule has 1 aliphatic carbocycles. The number of nitrogens with zero attached hydrogens (tertiary/aromatic N) is 1. The number of ether oxygens (including phenoxy) is 1. The second-order valence-corrected chi connectivity index (χ2v) is 6.71. The van der Waals surface area contributed by atoms with Gasteiger partial charge in [-0.2, -0.15) is 5.26 Å². The molecule has 0 atom stereocenters. The SMILES string of the molecule is Cc1cc(O[C@H]2C(C)(C)[C@H](N)C2(C)C)ccc1C#N. The molecule has 2 N–H and O–H groups in total. The van der Waals surface area contributed by atoms with Crippen LogP contribution >= 0.6 is 0 Å². The standard InChI is InChI=1S/C16H22N2O/c1-10-8-12(7-6-11(10)9-17)19-14-15(2,3)13(18)16(14,4)5/h6-8,13-14H,18H2,1-5H3/t13-,14-. The van der Waals surface area contributed by atoms with Gasteiger partial charge in [0.1, 0.15) is 11.9 Å². The maximum Gasteiger partial charge on any atom is 0.120 e. The van der Waals surface area contributed by atoms with Crippen molar-refractivity contribution in [3.8, 4) is 11.8 Å². The van der Waals surface area contributed by atoms with Gasteiger partial charge in [-0.25, -0.2) is 0 Å². The molecule has 1 aromatic rings. The average molecular weight is 258 g/mol. The monoisotopic (exact) mass is 258 g/mol. The van der Waals surface area contributed by atoms with E-state index in [4.69, 9.17) is 15.7 Å². The van der Waals surface area contributed by atoms with Gasteiger partial charge in [-0.3, -0.25) is 0 Å². The summed E-state index contributed by atoms with van der Waals surface area (Å²) in [5.74, 6) is 0.814. The highest BCUT2D eigenvalue weighted by Gasteiger charge is 2.61. The van der Waals surface area contributed by atoms with Crippen LogP contribution in [0, 0.1) is 29.1 Å². The highest BCUT2D eigenvalue weighted by Crippen LogP contribution is 2.54. The van der Waals surface area contributed by atoms with Gasteiger partial charge in [-0.05, 0) is 30.7 Å². The van der Waals surface area contributed by atoms with Crippen molar-refractivity contribution < 1.29 is 4.74 Å². The number of aryl methyl sites for hydroxylation is 1. The molecule has 1 aliphatic rings. The maximum atomic E-state index is 8.94. The summed E-state index contributed by atoms with van der Waals surface area (Å²) in [4.78, 5) is 0. The number of hydrogen-bond acceptors (Lipinski definition) is 3. The molecule has 0 spiro atoms. The van der Waals surface area contributed by atoms with E-state index in [2.05, 4.69) is 33.8 Å². The second-order valence-electron chi connectivity index (χ2n) is 6.71. The van der Waals surface area contributed by atoms with Crippen LogP contribution in [0.25, 0.3) is 0 Å². The highest BCUT2D eigenvalue weighted by molar-refractivity contribution is 5.42. The van der Waals surface area contributed by atoms with E-state index in [1.54, 1.807) is 0 Å². The quantitative estimate of drug-likeness (QED) is 0.887. The molecule has 3 heteroatoms. The summed E-state index contributed by atoms with van der Waals surface area (Å²) in [6, 6.07) is 7.89. The van der Waals surface area contributed by atoms with Gasteiger partial charge in [0.25, 0.3) is 0 Å². The Labute approximate surface area is 115 Å². The van der Waals surface area contributed by atoms with E-state index in [1.165, 1.54) is 0 Å². The van der Waals surface area contributed by atoms with E-state index < -0.39 is 0 Å². The lowest BCUT2D eigenvalue weighted by Crippen LogP contribution is -2.72. The fraction of sp³-hybridized carbons (Fsp3) is 0.562. The van der Waals surface area contributed by atoms with Gasteiger partial charge in [0.15, 0.2) is 0 Å². The highest BCUT2D eigenvalue weighted by atomic mass is 16.5. The van der Waals surface area contributed by atoms with Crippen LogP contribution in [0.15, 0.2) is 18.2 Å². The lowest BCUT2D eigenvalue weighted by molar-refractivity contribution is -0.155. The molecule has 2 rings (SSSR count). The van der Waals surface area contributed by atoms with Gasteiger partial charge in [-0.15, -0.1) is 0 Å². The summed E-state index contributed by atoms with van der Waals surface area (Å²) >= 11 is 0. The van der Waals surface area contributed by atoms with Gasteiger partial charge in [0.2, 0.25) is 0 Å². The Hall–Kier alpha value is -1.53. The van der Waals surface area contributed by atoms with Crippen LogP contribution in [-0.4, -0.2) is 12.1 Å². The van der Waals surface area contributed by atoms with Gasteiger partial charge in [-0.1, -0.05) is 27.7 Å². The van der Waals surface area contributed by atoms with E-state index in [9.17, 15) is 0 Å². The van der Waals surface area contributed by atoms with Crippen LogP contribution in [0.4, 0.5) is 0 Å². The zero-order chi connectivity index (χ0) is 14.4. The number of rotatable bonds is 2. The molecule has 0 aromatic heterocycles. The third-order valence-electron chi connectivity index (χ3n) is 4.53. The zero-order valence-electron chi connectivity index (χ0n) is 12.3. The van der Waals surface area contributed by atoms with E-state index in [-0.39, 0.29) is 23.0 Å². The number of benzene rings is 1. The molecule has 102 valence electrons. The van der Waals surface area contributed by atoms with Crippen molar-refractivity contribution in [2.75, 3.05) is 0 Å². The fourth-order valence-electron chi connectivity index (χ4n) is 3.42. The summed E-state index contributed by atoms with van der Waals surface area (Å²) in [6.07, 6.45) is 0.0855. The molecule has 1 saturated carbocycles. The minimum Gasteiger partial charge on any atom is -0.489 e. The van der Waals surface area contributed by atoms with Gasteiger partial charge < -0.3 is 10.5 Å². The molecule has 3 nitrogen and oxygen atoms in total. The van der Waals surface area contributed by atoms with Crippen molar-refractivity contribution >= 4 is 0 Å². The Morgan fingerprint density at radius 2 is 1.79 bits per heavy atom. The normalized spacial score (nSPS) is 27.2. The molecule has 0 radical (unpaired) electrons. The lowest BCUT2D eigenvalue weighted by atomic mass is 9.50. The molecule has 0 aliphatic heterocycles. The predicted octanol–water partition coefficient (Wildman–Crippen LogP) is 3.01. The topological polar surface area (TPSA) is 59.0 Å². The van der Waals surface area contributed by atoms with Crippen LogP contribution in [0.2, 0.25) is 0 Å². The van der Waals surface area contributed by atoms with Crippen molar-refractivity contribution in [2.45, 2.75) is 46.8 Å². The molecule has 0 amide bonds. The molecule has 1 fully saturated rings. The minimum absolute atomic E-state index is 0.0364. The number of nitrogens with two attached hydrogens (primary N) is 1. The molecule has 0 heterocycles. The van der Waals surface area contributed by atoms with E-state index >= 15 is 0 Å². The first-order valence-electron chi connectivity index (χ1n) is 6.64. The van der Waals surface area contributed by atoms with Crippen LogP contribution < -0.4 is 10.5 Å². The van der Waals surface area contributed by atoms with Crippen molar-refractivity contribution in [3.63, 3.8) is 0 Å². The molecule has 0 unspecified atom stereocenters. The maximum absolute atomic E-state index is 8.94.